The molecule has 0 heterocycles. The van der Waals surface area contributed by atoms with Crippen molar-refractivity contribution < 1.29 is 19.4 Å². The minimum atomic E-state index is -1.36. The molecular formula is C11H15FN2O3. The Hall–Kier alpha value is -1.66. The fraction of sp³-hybridized carbons (Fsp3) is 0.364. The van der Waals surface area contributed by atoms with Crippen LogP contribution in [0.5, 0.6) is 0 Å². The van der Waals surface area contributed by atoms with Gasteiger partial charge in [-0.05, 0) is 31.2 Å². The second-order valence-corrected chi connectivity index (χ2v) is 3.97. The van der Waals surface area contributed by atoms with Crippen LogP contribution in [0.2, 0.25) is 0 Å². The Morgan fingerprint density at radius 3 is 2.53 bits per heavy atom. The number of hydrogen-bond acceptors (Lipinski definition) is 3. The standard InChI is InChI=1S/C11H15FN2O3/c1-11(17,7-15)6-13-10(16)14-9-4-2-8(12)3-5-9/h2-5,15,17H,6-7H2,1H3,(H2,13,14,16). The highest BCUT2D eigenvalue weighted by Crippen LogP contribution is 2.07. The van der Waals surface area contributed by atoms with Gasteiger partial charge in [0.2, 0.25) is 0 Å². The highest BCUT2D eigenvalue weighted by Gasteiger charge is 2.19. The summed E-state index contributed by atoms with van der Waals surface area (Å²) in [5.74, 6) is -0.390. The van der Waals surface area contributed by atoms with Crippen molar-refractivity contribution in [3.63, 3.8) is 0 Å². The molecular weight excluding hydrogens is 227 g/mol. The van der Waals surface area contributed by atoms with Gasteiger partial charge in [-0.2, -0.15) is 0 Å². The number of aliphatic hydroxyl groups excluding tert-OH is 1. The summed E-state index contributed by atoms with van der Waals surface area (Å²) in [5, 5.41) is 23.0. The molecule has 1 unspecified atom stereocenters. The Morgan fingerprint density at radius 2 is 2.00 bits per heavy atom. The van der Waals surface area contributed by atoms with E-state index in [0.29, 0.717) is 5.69 Å². The summed E-state index contributed by atoms with van der Waals surface area (Å²) < 4.78 is 12.6. The van der Waals surface area contributed by atoms with E-state index >= 15 is 0 Å². The van der Waals surface area contributed by atoms with E-state index in [9.17, 15) is 14.3 Å². The highest BCUT2D eigenvalue weighted by molar-refractivity contribution is 5.89. The molecule has 17 heavy (non-hydrogen) atoms. The molecule has 0 aliphatic carbocycles. The van der Waals surface area contributed by atoms with Crippen LogP contribution in [0, 0.1) is 5.82 Å². The summed E-state index contributed by atoms with van der Waals surface area (Å²) in [4.78, 5) is 11.4. The SMILES string of the molecule is CC(O)(CO)CNC(=O)Nc1ccc(F)cc1. The lowest BCUT2D eigenvalue weighted by Gasteiger charge is -2.20. The second kappa shape index (κ2) is 5.60. The summed E-state index contributed by atoms with van der Waals surface area (Å²) in [7, 11) is 0. The van der Waals surface area contributed by atoms with Crippen LogP contribution in [0.25, 0.3) is 0 Å². The first-order valence-electron chi connectivity index (χ1n) is 5.06. The largest absolute Gasteiger partial charge is 0.393 e. The minimum Gasteiger partial charge on any atom is -0.393 e. The fourth-order valence-electron chi connectivity index (χ4n) is 1.04. The van der Waals surface area contributed by atoms with Gasteiger partial charge in [-0.15, -0.1) is 0 Å². The molecule has 0 aliphatic heterocycles. The molecule has 0 aliphatic rings. The van der Waals surface area contributed by atoms with E-state index in [2.05, 4.69) is 10.6 Å². The lowest BCUT2D eigenvalue weighted by atomic mass is 10.1. The maximum atomic E-state index is 12.6. The number of halogens is 1. The van der Waals surface area contributed by atoms with Crippen molar-refractivity contribution in [1.29, 1.82) is 0 Å². The van der Waals surface area contributed by atoms with E-state index in [1.165, 1.54) is 31.2 Å². The third-order valence-electron chi connectivity index (χ3n) is 2.07. The van der Waals surface area contributed by atoms with Crippen molar-refractivity contribution in [2.45, 2.75) is 12.5 Å². The quantitative estimate of drug-likeness (QED) is 0.627. The molecule has 1 aromatic carbocycles. The highest BCUT2D eigenvalue weighted by atomic mass is 19.1. The van der Waals surface area contributed by atoms with Gasteiger partial charge in [-0.25, -0.2) is 9.18 Å². The molecule has 0 fully saturated rings. The number of aliphatic hydroxyl groups is 2. The molecule has 0 aromatic heterocycles. The molecule has 0 radical (unpaired) electrons. The average Bonchev–Trinajstić information content (AvgIpc) is 2.30. The summed E-state index contributed by atoms with van der Waals surface area (Å²) in [6, 6.07) is 4.74. The topological polar surface area (TPSA) is 81.6 Å². The van der Waals surface area contributed by atoms with Gasteiger partial charge in [-0.1, -0.05) is 0 Å². The Kier molecular flexibility index (Phi) is 4.42. The first-order valence-corrected chi connectivity index (χ1v) is 5.06. The Labute approximate surface area is 98.3 Å². The van der Waals surface area contributed by atoms with Crippen LogP contribution in [0.4, 0.5) is 14.9 Å². The van der Waals surface area contributed by atoms with Crippen LogP contribution in [0.3, 0.4) is 0 Å². The normalized spacial score (nSPS) is 13.9. The minimum absolute atomic E-state index is 0.0868. The Balaban J connectivity index is 2.42. The van der Waals surface area contributed by atoms with Gasteiger partial charge in [0.05, 0.1) is 13.2 Å². The van der Waals surface area contributed by atoms with E-state index in [-0.39, 0.29) is 12.4 Å². The van der Waals surface area contributed by atoms with Gasteiger partial charge in [-0.3, -0.25) is 0 Å². The second-order valence-electron chi connectivity index (χ2n) is 3.97. The Morgan fingerprint density at radius 1 is 1.41 bits per heavy atom. The van der Waals surface area contributed by atoms with Crippen LogP contribution >= 0.6 is 0 Å². The zero-order chi connectivity index (χ0) is 12.9. The monoisotopic (exact) mass is 242 g/mol. The molecule has 0 saturated carbocycles. The number of rotatable bonds is 4. The van der Waals surface area contributed by atoms with Crippen molar-refractivity contribution in [2.24, 2.45) is 0 Å². The third-order valence-corrected chi connectivity index (χ3v) is 2.07. The van der Waals surface area contributed by atoms with Crippen molar-refractivity contribution in [3.8, 4) is 0 Å². The van der Waals surface area contributed by atoms with Crippen molar-refractivity contribution in [1.82, 2.24) is 5.32 Å². The molecule has 2 amide bonds. The van der Waals surface area contributed by atoms with Gasteiger partial charge in [0, 0.05) is 5.69 Å². The molecule has 1 aromatic rings. The average molecular weight is 242 g/mol. The van der Waals surface area contributed by atoms with Crippen molar-refractivity contribution in [3.05, 3.63) is 30.1 Å². The number of benzene rings is 1. The Bertz CT molecular complexity index is 379. The summed E-state index contributed by atoms with van der Waals surface area (Å²) in [6.07, 6.45) is 0. The lowest BCUT2D eigenvalue weighted by molar-refractivity contribution is 0.00514. The molecule has 0 bridgehead atoms. The molecule has 0 saturated heterocycles. The number of urea groups is 1. The molecule has 6 heteroatoms. The molecule has 4 N–H and O–H groups in total. The van der Waals surface area contributed by atoms with E-state index in [0.717, 1.165) is 0 Å². The molecule has 0 spiro atoms. The molecule has 94 valence electrons. The molecule has 1 atom stereocenters. The summed E-state index contributed by atoms with van der Waals surface area (Å²) in [5.41, 5.74) is -0.923. The number of anilines is 1. The number of nitrogens with one attached hydrogen (secondary N) is 2. The number of hydrogen-bond donors (Lipinski definition) is 4. The van der Waals surface area contributed by atoms with Gasteiger partial charge in [0.25, 0.3) is 0 Å². The van der Waals surface area contributed by atoms with E-state index in [1.54, 1.807) is 0 Å². The molecule has 5 nitrogen and oxygen atoms in total. The van der Waals surface area contributed by atoms with E-state index in [1.807, 2.05) is 0 Å². The predicted octanol–water partition coefficient (Wildman–Crippen LogP) is 0.691. The van der Waals surface area contributed by atoms with Gasteiger partial charge in [0.1, 0.15) is 11.4 Å². The smallest absolute Gasteiger partial charge is 0.319 e. The number of amides is 2. The summed E-state index contributed by atoms with van der Waals surface area (Å²) in [6.45, 7) is 0.853. The van der Waals surface area contributed by atoms with Crippen LogP contribution < -0.4 is 10.6 Å². The summed E-state index contributed by atoms with van der Waals surface area (Å²) >= 11 is 0. The zero-order valence-corrected chi connectivity index (χ0v) is 9.40. The van der Waals surface area contributed by atoms with Gasteiger partial charge >= 0.3 is 6.03 Å². The van der Waals surface area contributed by atoms with Gasteiger partial charge in [0.15, 0.2) is 0 Å². The first kappa shape index (κ1) is 13.4. The van der Waals surface area contributed by atoms with Crippen LogP contribution in [-0.2, 0) is 0 Å². The van der Waals surface area contributed by atoms with E-state index < -0.39 is 18.2 Å². The first-order chi connectivity index (χ1) is 7.93. The zero-order valence-electron chi connectivity index (χ0n) is 9.40. The van der Waals surface area contributed by atoms with Crippen LogP contribution in [-0.4, -0.2) is 35.0 Å². The van der Waals surface area contributed by atoms with Crippen molar-refractivity contribution >= 4 is 11.7 Å². The number of carbonyl (C=O) groups excluding carboxylic acids is 1. The van der Waals surface area contributed by atoms with Crippen molar-refractivity contribution in [2.75, 3.05) is 18.5 Å². The third kappa shape index (κ3) is 4.80. The van der Waals surface area contributed by atoms with Crippen LogP contribution in [0.15, 0.2) is 24.3 Å². The molecule has 1 rings (SSSR count). The lowest BCUT2D eigenvalue weighted by Crippen LogP contribution is -2.44. The van der Waals surface area contributed by atoms with E-state index in [4.69, 9.17) is 5.11 Å². The predicted molar refractivity (Wildman–Crippen MR) is 61.1 cm³/mol. The maximum Gasteiger partial charge on any atom is 0.319 e. The van der Waals surface area contributed by atoms with Gasteiger partial charge < -0.3 is 20.8 Å². The maximum absolute atomic E-state index is 12.6. The fourth-order valence-corrected chi connectivity index (χ4v) is 1.04. The van der Waals surface area contributed by atoms with Crippen LogP contribution in [0.1, 0.15) is 6.92 Å². The number of carbonyl (C=O) groups is 1.